The predicted octanol–water partition coefficient (Wildman–Crippen LogP) is 5.49. The van der Waals surface area contributed by atoms with Gasteiger partial charge in [-0.2, -0.15) is 0 Å². The molecule has 0 fully saturated rings. The van der Waals surface area contributed by atoms with Crippen LogP contribution in [0.2, 0.25) is 0 Å². The van der Waals surface area contributed by atoms with E-state index in [4.69, 9.17) is 0 Å². The highest BCUT2D eigenvalue weighted by Gasteiger charge is 2.13. The van der Waals surface area contributed by atoms with Gasteiger partial charge >= 0.3 is 0 Å². The Hall–Kier alpha value is -2.62. The molecule has 29 heavy (non-hydrogen) atoms. The normalized spacial score (nSPS) is 11.9. The molecule has 0 aliphatic heterocycles. The van der Waals surface area contributed by atoms with Crippen LogP contribution >= 0.6 is 0 Å². The number of phenols is 2. The molecule has 0 saturated heterocycles. The zero-order chi connectivity index (χ0) is 21.9. The fraction of sp³-hybridized carbons (Fsp3) is 0.440. The van der Waals surface area contributed by atoms with Gasteiger partial charge in [0.1, 0.15) is 11.5 Å². The molecule has 0 heterocycles. The summed E-state index contributed by atoms with van der Waals surface area (Å²) in [5.74, 6) is 0.645. The summed E-state index contributed by atoms with van der Waals surface area (Å²) >= 11 is 0. The van der Waals surface area contributed by atoms with Crippen LogP contribution in [0.3, 0.4) is 0 Å². The Balaban J connectivity index is 2.02. The van der Waals surface area contributed by atoms with E-state index in [1.807, 2.05) is 41.5 Å². The molecular weight excluding hydrogens is 360 g/mol. The summed E-state index contributed by atoms with van der Waals surface area (Å²) in [6, 6.07) is 0. The highest BCUT2D eigenvalue weighted by molar-refractivity contribution is 5.88. The Bertz CT molecular complexity index is 848. The van der Waals surface area contributed by atoms with Gasteiger partial charge in [-0.25, -0.2) is 0 Å². The molecule has 2 rings (SSSR count). The first-order valence-corrected chi connectivity index (χ1v) is 10.2. The topological polar surface area (TPSA) is 65.2 Å². The third-order valence-corrected chi connectivity index (χ3v) is 6.42. The fourth-order valence-electron chi connectivity index (χ4n) is 3.52. The molecule has 2 N–H and O–H groups in total. The number of nitrogens with zero attached hydrogens (tertiary/aromatic N) is 2. The second-order valence-electron chi connectivity index (χ2n) is 7.95. The monoisotopic (exact) mass is 394 g/mol. The van der Waals surface area contributed by atoms with E-state index in [0.717, 1.165) is 50.9 Å². The first kappa shape index (κ1) is 22.7. The smallest absolute Gasteiger partial charge is 0.127 e. The molecule has 4 heteroatoms. The van der Waals surface area contributed by atoms with Crippen LogP contribution in [0.25, 0.3) is 0 Å². The molecule has 156 valence electrons. The standard InChI is InChI=1S/C25H34N2O2/c1-14-16(3)20(7)24(28)22(18(14)5)12-26-10-9-11-27-13-23-19(6)15(2)17(4)21(8)25(23)29/h12-13,28-29H,9-11H2,1-8H3. The SMILES string of the molecule is Cc1c(C)c(C)c(C=NCCCN=Cc2c(C)c(C)c(C)c(C)c2O)c(O)c1C. The van der Waals surface area contributed by atoms with Gasteiger partial charge in [0.2, 0.25) is 0 Å². The van der Waals surface area contributed by atoms with Crippen molar-refractivity contribution in [3.8, 4) is 11.5 Å². The maximum absolute atomic E-state index is 10.4. The van der Waals surface area contributed by atoms with E-state index in [2.05, 4.69) is 23.8 Å². The Labute approximate surface area is 175 Å². The minimum absolute atomic E-state index is 0.323. The Kier molecular flexibility index (Phi) is 7.23. The summed E-state index contributed by atoms with van der Waals surface area (Å²) in [6.07, 6.45) is 4.35. The molecule has 0 unspecified atom stereocenters. The van der Waals surface area contributed by atoms with E-state index in [0.29, 0.717) is 24.6 Å². The average molecular weight is 395 g/mol. The predicted molar refractivity (Wildman–Crippen MR) is 124 cm³/mol. The summed E-state index contributed by atoms with van der Waals surface area (Å²) < 4.78 is 0. The molecule has 4 nitrogen and oxygen atoms in total. The number of hydrogen-bond acceptors (Lipinski definition) is 4. The number of phenolic OH excluding ortho intramolecular Hbond substituents is 2. The first-order valence-electron chi connectivity index (χ1n) is 10.2. The summed E-state index contributed by atoms with van der Waals surface area (Å²) in [6.45, 7) is 17.4. The van der Waals surface area contributed by atoms with Gasteiger partial charge in [-0.15, -0.1) is 0 Å². The Morgan fingerprint density at radius 3 is 1.17 bits per heavy atom. The molecule has 0 bridgehead atoms. The highest BCUT2D eigenvalue weighted by Crippen LogP contribution is 2.31. The van der Waals surface area contributed by atoms with Crippen LogP contribution < -0.4 is 0 Å². The largest absolute Gasteiger partial charge is 0.507 e. The van der Waals surface area contributed by atoms with Gasteiger partial charge in [-0.1, -0.05) is 0 Å². The minimum atomic E-state index is 0.323. The van der Waals surface area contributed by atoms with Crippen molar-refractivity contribution < 1.29 is 10.2 Å². The molecular formula is C25H34N2O2. The third kappa shape index (κ3) is 4.52. The summed E-state index contributed by atoms with van der Waals surface area (Å²) in [5, 5.41) is 20.9. The summed E-state index contributed by atoms with van der Waals surface area (Å²) in [7, 11) is 0. The van der Waals surface area contributed by atoms with Crippen LogP contribution in [0.15, 0.2) is 9.98 Å². The number of benzene rings is 2. The second-order valence-corrected chi connectivity index (χ2v) is 7.95. The van der Waals surface area contributed by atoms with Crippen molar-refractivity contribution in [3.63, 3.8) is 0 Å². The van der Waals surface area contributed by atoms with Crippen LogP contribution in [-0.4, -0.2) is 35.7 Å². The van der Waals surface area contributed by atoms with Crippen molar-refractivity contribution in [2.75, 3.05) is 13.1 Å². The lowest BCUT2D eigenvalue weighted by molar-refractivity contribution is 0.468. The molecule has 2 aromatic carbocycles. The number of aliphatic imine (C=N–C) groups is 2. The quantitative estimate of drug-likeness (QED) is 0.502. The molecule has 0 saturated carbocycles. The minimum Gasteiger partial charge on any atom is -0.507 e. The highest BCUT2D eigenvalue weighted by atomic mass is 16.3. The lowest BCUT2D eigenvalue weighted by atomic mass is 9.94. The van der Waals surface area contributed by atoms with Gasteiger partial charge < -0.3 is 10.2 Å². The van der Waals surface area contributed by atoms with Gasteiger partial charge in [-0.3, -0.25) is 9.98 Å². The number of rotatable bonds is 6. The van der Waals surface area contributed by atoms with Crippen molar-refractivity contribution in [1.82, 2.24) is 0 Å². The molecule has 2 aromatic rings. The van der Waals surface area contributed by atoms with Crippen molar-refractivity contribution in [1.29, 1.82) is 0 Å². The van der Waals surface area contributed by atoms with Gasteiger partial charge in [-0.05, 0) is 106 Å². The Morgan fingerprint density at radius 2 is 0.828 bits per heavy atom. The van der Waals surface area contributed by atoms with Crippen molar-refractivity contribution in [2.24, 2.45) is 9.98 Å². The number of aromatic hydroxyl groups is 2. The molecule has 0 radical (unpaired) electrons. The molecule has 0 aromatic heterocycles. The van der Waals surface area contributed by atoms with E-state index in [1.54, 1.807) is 12.4 Å². The molecule has 0 aliphatic carbocycles. The van der Waals surface area contributed by atoms with E-state index >= 15 is 0 Å². The van der Waals surface area contributed by atoms with Gasteiger partial charge in [0, 0.05) is 36.6 Å². The van der Waals surface area contributed by atoms with E-state index < -0.39 is 0 Å². The lowest BCUT2D eigenvalue weighted by Gasteiger charge is -2.14. The second kappa shape index (κ2) is 9.25. The maximum Gasteiger partial charge on any atom is 0.127 e. The van der Waals surface area contributed by atoms with Crippen LogP contribution in [0.5, 0.6) is 11.5 Å². The number of hydrogen-bond donors (Lipinski definition) is 2. The molecule has 0 aliphatic rings. The fourth-order valence-corrected chi connectivity index (χ4v) is 3.52. The molecule has 0 amide bonds. The van der Waals surface area contributed by atoms with Gasteiger partial charge in [0.05, 0.1) is 0 Å². The van der Waals surface area contributed by atoms with Crippen LogP contribution in [0, 0.1) is 55.4 Å². The van der Waals surface area contributed by atoms with Crippen LogP contribution in [0.1, 0.15) is 62.1 Å². The summed E-state index contributed by atoms with van der Waals surface area (Å²) in [5.41, 5.74) is 10.2. The van der Waals surface area contributed by atoms with Crippen molar-refractivity contribution in [3.05, 3.63) is 55.6 Å². The van der Waals surface area contributed by atoms with Gasteiger partial charge in [0.15, 0.2) is 0 Å². The van der Waals surface area contributed by atoms with Gasteiger partial charge in [0.25, 0.3) is 0 Å². The molecule has 0 atom stereocenters. The maximum atomic E-state index is 10.4. The third-order valence-electron chi connectivity index (χ3n) is 6.42. The van der Waals surface area contributed by atoms with E-state index in [1.165, 1.54) is 11.1 Å². The summed E-state index contributed by atoms with van der Waals surface area (Å²) in [4.78, 5) is 8.97. The average Bonchev–Trinajstić information content (AvgIpc) is 2.71. The van der Waals surface area contributed by atoms with Crippen molar-refractivity contribution in [2.45, 2.75) is 61.8 Å². The first-order chi connectivity index (χ1) is 13.6. The molecule has 0 spiro atoms. The van der Waals surface area contributed by atoms with E-state index in [9.17, 15) is 10.2 Å². The van der Waals surface area contributed by atoms with E-state index in [-0.39, 0.29) is 0 Å². The lowest BCUT2D eigenvalue weighted by Crippen LogP contribution is -2.00. The van der Waals surface area contributed by atoms with Crippen LogP contribution in [0.4, 0.5) is 0 Å². The zero-order valence-electron chi connectivity index (χ0n) is 19.1. The van der Waals surface area contributed by atoms with Crippen LogP contribution in [-0.2, 0) is 0 Å². The van der Waals surface area contributed by atoms with Crippen molar-refractivity contribution >= 4 is 12.4 Å². The Morgan fingerprint density at radius 1 is 0.517 bits per heavy atom. The zero-order valence-corrected chi connectivity index (χ0v) is 19.1.